The van der Waals surface area contributed by atoms with Crippen LogP contribution in [0.2, 0.25) is 0 Å². The van der Waals surface area contributed by atoms with Gasteiger partial charge in [-0.2, -0.15) is 5.26 Å². The number of hydrogen-bond donors (Lipinski definition) is 1. The van der Waals surface area contributed by atoms with E-state index in [9.17, 15) is 0 Å². The van der Waals surface area contributed by atoms with Crippen molar-refractivity contribution < 1.29 is 0 Å². The molecule has 0 aliphatic rings. The fourth-order valence-corrected chi connectivity index (χ4v) is 2.18. The maximum absolute atomic E-state index is 8.95. The molecular weight excluding hydrogens is 301 g/mol. The van der Waals surface area contributed by atoms with Crippen LogP contribution in [0.1, 0.15) is 5.56 Å². The summed E-state index contributed by atoms with van der Waals surface area (Å²) in [6.45, 7) is 0. The summed E-state index contributed by atoms with van der Waals surface area (Å²) < 4.78 is 1.09. The molecule has 0 bridgehead atoms. The van der Waals surface area contributed by atoms with Crippen molar-refractivity contribution in [3.05, 3.63) is 33.5 Å². The van der Waals surface area contributed by atoms with E-state index in [4.69, 9.17) is 5.26 Å². The van der Waals surface area contributed by atoms with Gasteiger partial charge in [0.2, 0.25) is 0 Å². The maximum atomic E-state index is 8.95. The first-order valence-electron chi connectivity index (χ1n) is 4.43. The van der Waals surface area contributed by atoms with Crippen LogP contribution >= 0.6 is 22.6 Å². The standard InChI is InChI=1S/C11H8IN3/c1-14-10-7(5-13)6-15-11-8(10)3-2-4-9(11)12/h2-4,6H,1H3,(H,14,15). The van der Waals surface area contributed by atoms with E-state index in [0.717, 1.165) is 20.2 Å². The molecule has 1 aromatic heterocycles. The molecule has 4 heteroatoms. The number of anilines is 1. The number of para-hydroxylation sites is 1. The minimum Gasteiger partial charge on any atom is -0.386 e. The zero-order valence-corrected chi connectivity index (χ0v) is 10.2. The zero-order chi connectivity index (χ0) is 10.8. The molecule has 0 aliphatic carbocycles. The number of aromatic nitrogens is 1. The maximum Gasteiger partial charge on any atom is 0.103 e. The van der Waals surface area contributed by atoms with Gasteiger partial charge in [-0.05, 0) is 28.7 Å². The monoisotopic (exact) mass is 309 g/mol. The molecule has 0 radical (unpaired) electrons. The molecule has 0 aliphatic heterocycles. The molecule has 0 saturated carbocycles. The van der Waals surface area contributed by atoms with Crippen LogP contribution in [0.4, 0.5) is 5.69 Å². The SMILES string of the molecule is CNc1c(C#N)cnc2c(I)cccc12. The lowest BCUT2D eigenvalue weighted by Crippen LogP contribution is -1.96. The molecule has 0 amide bonds. The molecule has 74 valence electrons. The van der Waals surface area contributed by atoms with Crippen LogP contribution in [0.3, 0.4) is 0 Å². The predicted molar refractivity (Wildman–Crippen MR) is 68.7 cm³/mol. The number of rotatable bonds is 1. The number of halogens is 1. The summed E-state index contributed by atoms with van der Waals surface area (Å²) in [5.41, 5.74) is 2.36. The van der Waals surface area contributed by atoms with Gasteiger partial charge in [-0.15, -0.1) is 0 Å². The third-order valence-corrected chi connectivity index (χ3v) is 3.09. The van der Waals surface area contributed by atoms with Crippen molar-refractivity contribution in [2.24, 2.45) is 0 Å². The number of nitrogens with one attached hydrogen (secondary N) is 1. The van der Waals surface area contributed by atoms with E-state index in [-0.39, 0.29) is 0 Å². The Morgan fingerprint density at radius 3 is 2.93 bits per heavy atom. The molecule has 1 heterocycles. The summed E-state index contributed by atoms with van der Waals surface area (Å²) in [5.74, 6) is 0. The van der Waals surface area contributed by atoms with Gasteiger partial charge in [0.15, 0.2) is 0 Å². The van der Waals surface area contributed by atoms with E-state index in [2.05, 4.69) is 39.0 Å². The number of hydrogen-bond acceptors (Lipinski definition) is 3. The Hall–Kier alpha value is -1.35. The Balaban J connectivity index is 2.90. The second-order valence-corrected chi connectivity index (χ2v) is 4.21. The fourth-order valence-electron chi connectivity index (χ4n) is 1.54. The van der Waals surface area contributed by atoms with Crippen molar-refractivity contribution >= 4 is 39.2 Å². The Morgan fingerprint density at radius 2 is 2.27 bits per heavy atom. The highest BCUT2D eigenvalue weighted by molar-refractivity contribution is 14.1. The topological polar surface area (TPSA) is 48.7 Å². The smallest absolute Gasteiger partial charge is 0.103 e. The quantitative estimate of drug-likeness (QED) is 0.824. The van der Waals surface area contributed by atoms with Gasteiger partial charge in [-0.3, -0.25) is 4.98 Å². The molecule has 0 unspecified atom stereocenters. The van der Waals surface area contributed by atoms with Crippen molar-refractivity contribution in [3.63, 3.8) is 0 Å². The molecule has 0 spiro atoms. The van der Waals surface area contributed by atoms with Gasteiger partial charge in [0.25, 0.3) is 0 Å². The summed E-state index contributed by atoms with van der Waals surface area (Å²) >= 11 is 2.24. The average molecular weight is 309 g/mol. The van der Waals surface area contributed by atoms with Crippen molar-refractivity contribution in [2.45, 2.75) is 0 Å². The molecular formula is C11H8IN3. The minimum absolute atomic E-state index is 0.576. The highest BCUT2D eigenvalue weighted by Gasteiger charge is 2.08. The Labute approximate surface area is 101 Å². The molecule has 0 fully saturated rings. The number of nitrogens with zero attached hydrogens (tertiary/aromatic N) is 2. The van der Waals surface area contributed by atoms with Gasteiger partial charge >= 0.3 is 0 Å². The van der Waals surface area contributed by atoms with Gasteiger partial charge < -0.3 is 5.32 Å². The fraction of sp³-hybridized carbons (Fsp3) is 0.0909. The minimum atomic E-state index is 0.576. The first-order valence-corrected chi connectivity index (χ1v) is 5.51. The summed E-state index contributed by atoms with van der Waals surface area (Å²) in [5, 5.41) is 13.0. The van der Waals surface area contributed by atoms with Gasteiger partial charge in [-0.1, -0.05) is 12.1 Å². The lowest BCUT2D eigenvalue weighted by atomic mass is 10.1. The molecule has 0 saturated heterocycles. The van der Waals surface area contributed by atoms with E-state index < -0.39 is 0 Å². The van der Waals surface area contributed by atoms with E-state index in [1.165, 1.54) is 0 Å². The van der Waals surface area contributed by atoms with E-state index >= 15 is 0 Å². The first kappa shape index (κ1) is 10.2. The third kappa shape index (κ3) is 1.63. The molecule has 3 nitrogen and oxygen atoms in total. The lowest BCUT2D eigenvalue weighted by molar-refractivity contribution is 1.35. The molecule has 15 heavy (non-hydrogen) atoms. The number of benzene rings is 1. The first-order chi connectivity index (χ1) is 7.27. The second-order valence-electron chi connectivity index (χ2n) is 3.04. The number of fused-ring (bicyclic) bond motifs is 1. The highest BCUT2D eigenvalue weighted by atomic mass is 127. The van der Waals surface area contributed by atoms with Crippen molar-refractivity contribution in [1.29, 1.82) is 5.26 Å². The predicted octanol–water partition coefficient (Wildman–Crippen LogP) is 2.75. The summed E-state index contributed by atoms with van der Waals surface area (Å²) in [7, 11) is 1.81. The molecule has 1 N–H and O–H groups in total. The largest absolute Gasteiger partial charge is 0.386 e. The van der Waals surface area contributed by atoms with Crippen LogP contribution in [0, 0.1) is 14.9 Å². The second kappa shape index (κ2) is 4.03. The van der Waals surface area contributed by atoms with Crippen LogP contribution in [0.5, 0.6) is 0 Å². The molecule has 2 rings (SSSR count). The highest BCUT2D eigenvalue weighted by Crippen LogP contribution is 2.27. The van der Waals surface area contributed by atoms with Crippen molar-refractivity contribution in [2.75, 3.05) is 12.4 Å². The van der Waals surface area contributed by atoms with Crippen molar-refractivity contribution in [1.82, 2.24) is 4.98 Å². The van der Waals surface area contributed by atoms with E-state index in [1.807, 2.05) is 25.2 Å². The van der Waals surface area contributed by atoms with Crippen molar-refractivity contribution in [3.8, 4) is 6.07 Å². The number of pyridine rings is 1. The van der Waals surface area contributed by atoms with Gasteiger partial charge in [0.1, 0.15) is 6.07 Å². The van der Waals surface area contributed by atoms with Crippen LogP contribution in [0.15, 0.2) is 24.4 Å². The van der Waals surface area contributed by atoms with Crippen LogP contribution in [0.25, 0.3) is 10.9 Å². The van der Waals surface area contributed by atoms with Gasteiger partial charge in [0.05, 0.1) is 16.8 Å². The van der Waals surface area contributed by atoms with E-state index in [1.54, 1.807) is 6.20 Å². The average Bonchev–Trinajstić information content (AvgIpc) is 2.28. The Kier molecular flexibility index (Phi) is 2.73. The summed E-state index contributed by atoms with van der Waals surface area (Å²) in [6, 6.07) is 8.07. The number of nitriles is 1. The summed E-state index contributed by atoms with van der Waals surface area (Å²) in [4.78, 5) is 4.29. The van der Waals surface area contributed by atoms with Crippen LogP contribution in [-0.2, 0) is 0 Å². The molecule has 0 atom stereocenters. The molecule has 2 aromatic rings. The van der Waals surface area contributed by atoms with Gasteiger partial charge in [-0.25, -0.2) is 0 Å². The summed E-state index contributed by atoms with van der Waals surface area (Å²) in [6.07, 6.45) is 1.61. The normalized spacial score (nSPS) is 9.93. The molecule has 1 aromatic carbocycles. The Morgan fingerprint density at radius 1 is 1.47 bits per heavy atom. The van der Waals surface area contributed by atoms with Gasteiger partial charge in [0, 0.05) is 22.2 Å². The van der Waals surface area contributed by atoms with Crippen LogP contribution in [-0.4, -0.2) is 12.0 Å². The lowest BCUT2D eigenvalue weighted by Gasteiger charge is -2.07. The van der Waals surface area contributed by atoms with E-state index in [0.29, 0.717) is 5.56 Å². The zero-order valence-electron chi connectivity index (χ0n) is 8.08. The Bertz CT molecular complexity index is 557. The third-order valence-electron chi connectivity index (χ3n) is 2.22. The van der Waals surface area contributed by atoms with Crippen LogP contribution < -0.4 is 5.32 Å².